The molecule has 1 aromatic carbocycles. The summed E-state index contributed by atoms with van der Waals surface area (Å²) in [7, 11) is 3.32. The van der Waals surface area contributed by atoms with Crippen molar-refractivity contribution in [3.8, 4) is 5.75 Å². The van der Waals surface area contributed by atoms with E-state index in [1.54, 1.807) is 14.2 Å². The van der Waals surface area contributed by atoms with Crippen LogP contribution in [0.4, 0.5) is 5.69 Å². The molecule has 1 aromatic heterocycles. The molecule has 2 aromatic rings. The zero-order valence-corrected chi connectivity index (χ0v) is 15.6. The molecule has 0 aliphatic carbocycles. The summed E-state index contributed by atoms with van der Waals surface area (Å²) in [5, 5.41) is 0. The standard InChI is InChI=1S/C19H26N4O3/c1-15-19(24)23(16-5-4-6-18(11-16)26-3)8-7-21(15)13-17-12-20-14-22(17)9-10-25-2/h4-6,11-12,14-15H,7-10,13H2,1-3H3/t15-/m0/s1. The van der Waals surface area contributed by atoms with Crippen LogP contribution in [-0.4, -0.2) is 60.3 Å². The fraction of sp³-hybridized carbons (Fsp3) is 0.474. The monoisotopic (exact) mass is 358 g/mol. The molecule has 140 valence electrons. The lowest BCUT2D eigenvalue weighted by Gasteiger charge is -2.39. The minimum atomic E-state index is -0.194. The smallest absolute Gasteiger partial charge is 0.244 e. The molecule has 0 saturated carbocycles. The maximum atomic E-state index is 12.9. The lowest BCUT2D eigenvalue weighted by atomic mass is 10.1. The lowest BCUT2D eigenvalue weighted by molar-refractivity contribution is -0.125. The molecule has 0 spiro atoms. The first-order valence-corrected chi connectivity index (χ1v) is 8.81. The van der Waals surface area contributed by atoms with Gasteiger partial charge in [-0.2, -0.15) is 0 Å². The van der Waals surface area contributed by atoms with E-state index in [4.69, 9.17) is 9.47 Å². The van der Waals surface area contributed by atoms with Crippen molar-refractivity contribution in [2.24, 2.45) is 0 Å². The normalized spacial score (nSPS) is 18.3. The van der Waals surface area contributed by atoms with E-state index in [1.165, 1.54) is 0 Å². The van der Waals surface area contributed by atoms with Gasteiger partial charge in [-0.25, -0.2) is 4.98 Å². The Morgan fingerprint density at radius 1 is 1.27 bits per heavy atom. The van der Waals surface area contributed by atoms with Crippen LogP contribution in [0, 0.1) is 0 Å². The van der Waals surface area contributed by atoms with Crippen LogP contribution in [0.1, 0.15) is 12.6 Å². The second kappa shape index (κ2) is 8.33. The zero-order valence-electron chi connectivity index (χ0n) is 15.6. The Bertz CT molecular complexity index is 746. The maximum Gasteiger partial charge on any atom is 0.244 e. The van der Waals surface area contributed by atoms with Crippen molar-refractivity contribution in [3.63, 3.8) is 0 Å². The van der Waals surface area contributed by atoms with Gasteiger partial charge in [-0.05, 0) is 19.1 Å². The van der Waals surface area contributed by atoms with Crippen LogP contribution in [-0.2, 0) is 22.6 Å². The summed E-state index contributed by atoms with van der Waals surface area (Å²) in [6.45, 7) is 5.52. The molecule has 3 rings (SSSR count). The van der Waals surface area contributed by atoms with Gasteiger partial charge in [-0.3, -0.25) is 9.69 Å². The van der Waals surface area contributed by atoms with Crippen LogP contribution >= 0.6 is 0 Å². The van der Waals surface area contributed by atoms with Crippen LogP contribution in [0.2, 0.25) is 0 Å². The highest BCUT2D eigenvalue weighted by Gasteiger charge is 2.32. The Morgan fingerprint density at radius 2 is 2.12 bits per heavy atom. The van der Waals surface area contributed by atoms with Gasteiger partial charge in [0.2, 0.25) is 5.91 Å². The van der Waals surface area contributed by atoms with E-state index in [1.807, 2.05) is 48.6 Å². The second-order valence-corrected chi connectivity index (χ2v) is 6.41. The molecule has 1 amide bonds. The first-order chi connectivity index (χ1) is 12.6. The summed E-state index contributed by atoms with van der Waals surface area (Å²) in [6.07, 6.45) is 3.68. The Kier molecular flexibility index (Phi) is 5.90. The van der Waals surface area contributed by atoms with E-state index < -0.39 is 0 Å². The number of carbonyl (C=O) groups excluding carboxylic acids is 1. The van der Waals surface area contributed by atoms with Crippen LogP contribution in [0.15, 0.2) is 36.8 Å². The predicted octanol–water partition coefficient (Wildman–Crippen LogP) is 1.78. The molecule has 0 unspecified atom stereocenters. The van der Waals surface area contributed by atoms with Crippen molar-refractivity contribution in [2.75, 3.05) is 38.8 Å². The molecular formula is C19H26N4O3. The predicted molar refractivity (Wildman–Crippen MR) is 99.3 cm³/mol. The third-order valence-electron chi connectivity index (χ3n) is 4.85. The summed E-state index contributed by atoms with van der Waals surface area (Å²) in [5.41, 5.74) is 1.97. The molecule has 1 saturated heterocycles. The van der Waals surface area contributed by atoms with Crippen molar-refractivity contribution in [2.45, 2.75) is 26.1 Å². The highest BCUT2D eigenvalue weighted by molar-refractivity contribution is 5.97. The van der Waals surface area contributed by atoms with E-state index in [9.17, 15) is 4.79 Å². The Morgan fingerprint density at radius 3 is 2.88 bits per heavy atom. The Balaban J connectivity index is 1.69. The SMILES string of the molecule is COCCn1cncc1CN1CCN(c2cccc(OC)c2)C(=O)[C@@H]1C. The van der Waals surface area contributed by atoms with Crippen LogP contribution in [0.3, 0.4) is 0 Å². The van der Waals surface area contributed by atoms with E-state index in [-0.39, 0.29) is 11.9 Å². The number of benzene rings is 1. The highest BCUT2D eigenvalue weighted by Crippen LogP contribution is 2.25. The number of aromatic nitrogens is 2. The van der Waals surface area contributed by atoms with Gasteiger partial charge in [-0.1, -0.05) is 6.07 Å². The summed E-state index contributed by atoms with van der Waals surface area (Å²) in [4.78, 5) is 21.2. The highest BCUT2D eigenvalue weighted by atomic mass is 16.5. The maximum absolute atomic E-state index is 12.9. The van der Waals surface area contributed by atoms with E-state index in [0.29, 0.717) is 19.7 Å². The van der Waals surface area contributed by atoms with Gasteiger partial charge < -0.3 is 18.9 Å². The quantitative estimate of drug-likeness (QED) is 0.755. The van der Waals surface area contributed by atoms with Crippen molar-refractivity contribution in [3.05, 3.63) is 42.5 Å². The van der Waals surface area contributed by atoms with Gasteiger partial charge in [0.15, 0.2) is 0 Å². The van der Waals surface area contributed by atoms with Gasteiger partial charge in [0, 0.05) is 51.2 Å². The van der Waals surface area contributed by atoms with Crippen molar-refractivity contribution in [1.82, 2.24) is 14.5 Å². The molecule has 1 atom stereocenters. The van der Waals surface area contributed by atoms with Crippen molar-refractivity contribution >= 4 is 11.6 Å². The molecule has 26 heavy (non-hydrogen) atoms. The minimum absolute atomic E-state index is 0.104. The van der Waals surface area contributed by atoms with Gasteiger partial charge in [0.25, 0.3) is 0 Å². The van der Waals surface area contributed by atoms with Crippen molar-refractivity contribution in [1.29, 1.82) is 0 Å². The Labute approximate surface area is 154 Å². The molecule has 1 fully saturated rings. The summed E-state index contributed by atoms with van der Waals surface area (Å²) in [6, 6.07) is 7.45. The molecule has 0 bridgehead atoms. The molecule has 7 heteroatoms. The number of hydrogen-bond donors (Lipinski definition) is 0. The summed E-state index contributed by atoms with van der Waals surface area (Å²) in [5.74, 6) is 0.861. The number of anilines is 1. The lowest BCUT2D eigenvalue weighted by Crippen LogP contribution is -2.55. The third-order valence-corrected chi connectivity index (χ3v) is 4.85. The zero-order chi connectivity index (χ0) is 18.5. The van der Waals surface area contributed by atoms with Crippen molar-refractivity contribution < 1.29 is 14.3 Å². The number of imidazole rings is 1. The van der Waals surface area contributed by atoms with E-state index in [2.05, 4.69) is 14.5 Å². The largest absolute Gasteiger partial charge is 0.497 e. The van der Waals surface area contributed by atoms with Gasteiger partial charge in [0.05, 0.1) is 31.8 Å². The van der Waals surface area contributed by atoms with Gasteiger partial charge in [0.1, 0.15) is 5.75 Å². The topological polar surface area (TPSA) is 59.8 Å². The number of rotatable bonds is 7. The molecule has 0 N–H and O–H groups in total. The molecule has 2 heterocycles. The first kappa shape index (κ1) is 18.4. The van der Waals surface area contributed by atoms with E-state index in [0.717, 1.165) is 30.2 Å². The number of methoxy groups -OCH3 is 2. The fourth-order valence-electron chi connectivity index (χ4n) is 3.24. The average Bonchev–Trinajstić information content (AvgIpc) is 3.11. The third kappa shape index (κ3) is 3.89. The number of hydrogen-bond acceptors (Lipinski definition) is 5. The van der Waals surface area contributed by atoms with E-state index >= 15 is 0 Å². The van der Waals surface area contributed by atoms with Crippen LogP contribution in [0.5, 0.6) is 5.75 Å². The van der Waals surface area contributed by atoms with Gasteiger partial charge in [-0.15, -0.1) is 0 Å². The molecule has 1 aliphatic rings. The second-order valence-electron chi connectivity index (χ2n) is 6.41. The first-order valence-electron chi connectivity index (χ1n) is 8.81. The fourth-order valence-corrected chi connectivity index (χ4v) is 3.24. The molecular weight excluding hydrogens is 332 g/mol. The minimum Gasteiger partial charge on any atom is -0.497 e. The Hall–Kier alpha value is -2.38. The molecule has 0 radical (unpaired) electrons. The number of carbonyl (C=O) groups is 1. The average molecular weight is 358 g/mol. The van der Waals surface area contributed by atoms with Crippen LogP contribution < -0.4 is 9.64 Å². The van der Waals surface area contributed by atoms with Crippen LogP contribution in [0.25, 0.3) is 0 Å². The number of nitrogens with zero attached hydrogens (tertiary/aromatic N) is 4. The summed E-state index contributed by atoms with van der Waals surface area (Å²) >= 11 is 0. The number of ether oxygens (including phenoxy) is 2. The molecule has 1 aliphatic heterocycles. The molecule has 7 nitrogen and oxygen atoms in total. The number of amides is 1. The van der Waals surface area contributed by atoms with Gasteiger partial charge >= 0.3 is 0 Å². The number of piperazine rings is 1. The summed E-state index contributed by atoms with van der Waals surface area (Å²) < 4.78 is 12.5.